The van der Waals surface area contributed by atoms with Crippen molar-refractivity contribution in [3.8, 4) is 0 Å². The maximum atomic E-state index is 5.93. The van der Waals surface area contributed by atoms with Crippen molar-refractivity contribution in [2.45, 2.75) is 26.2 Å². The number of nitrogens with two attached hydrogens (primary N) is 1. The first-order chi connectivity index (χ1) is 6.15. The van der Waals surface area contributed by atoms with Gasteiger partial charge in [0.1, 0.15) is 5.82 Å². The lowest BCUT2D eigenvalue weighted by Gasteiger charge is -2.04. The van der Waals surface area contributed by atoms with E-state index in [-0.39, 0.29) is 0 Å². The summed E-state index contributed by atoms with van der Waals surface area (Å²) in [7, 11) is 0. The second-order valence-corrected chi connectivity index (χ2v) is 3.70. The summed E-state index contributed by atoms with van der Waals surface area (Å²) in [5.41, 5.74) is 6.40. The number of aryl methyl sites for hydroxylation is 1. The molecule has 0 amide bonds. The molecule has 1 rings (SSSR count). The fraction of sp³-hybridized carbons (Fsp3) is 0.444. The Bertz CT molecular complexity index is 300. The molecule has 2 N–H and O–H groups in total. The van der Waals surface area contributed by atoms with Gasteiger partial charge in [-0.2, -0.15) is 0 Å². The van der Waals surface area contributed by atoms with Crippen molar-refractivity contribution in [3.63, 3.8) is 0 Å². The molecule has 1 heterocycles. The van der Waals surface area contributed by atoms with Crippen LogP contribution < -0.4 is 5.73 Å². The molecule has 0 unspecified atom stereocenters. The lowest BCUT2D eigenvalue weighted by atomic mass is 10.2. The van der Waals surface area contributed by atoms with Crippen LogP contribution in [0.1, 0.15) is 25.5 Å². The second-order valence-electron chi connectivity index (χ2n) is 2.89. The van der Waals surface area contributed by atoms with Crippen molar-refractivity contribution < 1.29 is 0 Å². The van der Waals surface area contributed by atoms with E-state index < -0.39 is 0 Å². The van der Waals surface area contributed by atoms with E-state index in [1.165, 1.54) is 0 Å². The number of unbranched alkanes of at least 4 members (excludes halogenated alkanes) is 1. The van der Waals surface area contributed by atoms with Gasteiger partial charge >= 0.3 is 0 Å². The number of anilines is 1. The van der Waals surface area contributed by atoms with Crippen molar-refractivity contribution in [2.75, 3.05) is 5.73 Å². The Balaban J connectivity index is 2.88. The van der Waals surface area contributed by atoms with Crippen molar-refractivity contribution in [3.05, 3.63) is 21.8 Å². The third-order valence-corrected chi connectivity index (χ3v) is 2.43. The molecule has 72 valence electrons. The zero-order chi connectivity index (χ0) is 9.84. The summed E-state index contributed by atoms with van der Waals surface area (Å²) in [6, 6.07) is 1.65. The molecule has 13 heavy (non-hydrogen) atoms. The lowest BCUT2D eigenvalue weighted by molar-refractivity contribution is 0.778. The third-order valence-electron chi connectivity index (χ3n) is 1.80. The number of hydrogen-bond acceptors (Lipinski definition) is 2. The zero-order valence-corrected chi connectivity index (χ0v) is 8.99. The summed E-state index contributed by atoms with van der Waals surface area (Å²) < 4.78 is 0. The first kappa shape index (κ1) is 10.6. The van der Waals surface area contributed by atoms with Gasteiger partial charge < -0.3 is 5.73 Å². The van der Waals surface area contributed by atoms with E-state index in [0.717, 1.165) is 25.0 Å². The molecule has 0 aliphatic heterocycles. The van der Waals surface area contributed by atoms with Crippen LogP contribution in [0.4, 0.5) is 5.82 Å². The number of pyridine rings is 1. The topological polar surface area (TPSA) is 38.9 Å². The number of nitrogens with zero attached hydrogens (tertiary/aromatic N) is 1. The zero-order valence-electron chi connectivity index (χ0n) is 7.48. The van der Waals surface area contributed by atoms with Crippen LogP contribution in [-0.2, 0) is 6.42 Å². The largest absolute Gasteiger partial charge is 0.382 e. The summed E-state index contributed by atoms with van der Waals surface area (Å²) >= 11 is 11.7. The van der Waals surface area contributed by atoms with Gasteiger partial charge in [0.2, 0.25) is 0 Å². The number of aromatic nitrogens is 1. The second kappa shape index (κ2) is 4.68. The van der Waals surface area contributed by atoms with Gasteiger partial charge in [-0.3, -0.25) is 0 Å². The molecule has 4 heteroatoms. The molecule has 0 aromatic carbocycles. The maximum Gasteiger partial charge on any atom is 0.142 e. The molecule has 1 aromatic heterocycles. The molecule has 0 spiro atoms. The smallest absolute Gasteiger partial charge is 0.142 e. The van der Waals surface area contributed by atoms with Gasteiger partial charge in [-0.1, -0.05) is 36.5 Å². The Morgan fingerprint density at radius 1 is 1.38 bits per heavy atom. The SMILES string of the molecule is CCCCc1nc(N)c(Cl)cc1Cl. The number of hydrogen-bond donors (Lipinski definition) is 1. The molecular weight excluding hydrogens is 207 g/mol. The Hall–Kier alpha value is -0.470. The molecule has 2 nitrogen and oxygen atoms in total. The van der Waals surface area contributed by atoms with Crippen LogP contribution in [0, 0.1) is 0 Å². The van der Waals surface area contributed by atoms with Crippen LogP contribution in [0.3, 0.4) is 0 Å². The molecule has 0 atom stereocenters. The highest BCUT2D eigenvalue weighted by Gasteiger charge is 2.05. The minimum atomic E-state index is 0.358. The fourth-order valence-electron chi connectivity index (χ4n) is 1.04. The summed E-state index contributed by atoms with van der Waals surface area (Å²) in [4.78, 5) is 4.12. The molecule has 0 fully saturated rings. The highest BCUT2D eigenvalue weighted by molar-refractivity contribution is 6.36. The summed E-state index contributed by atoms with van der Waals surface area (Å²) in [6.45, 7) is 2.12. The van der Waals surface area contributed by atoms with E-state index in [1.54, 1.807) is 6.07 Å². The standard InChI is InChI=1S/C9H12Cl2N2/c1-2-3-4-8-6(10)5-7(11)9(12)13-8/h5H,2-4H2,1H3,(H2,12,13). The predicted octanol–water partition coefficient (Wildman–Crippen LogP) is 3.31. The Morgan fingerprint density at radius 3 is 2.69 bits per heavy atom. The van der Waals surface area contributed by atoms with E-state index in [9.17, 15) is 0 Å². The van der Waals surface area contributed by atoms with Crippen molar-refractivity contribution >= 4 is 29.0 Å². The number of nitrogen functional groups attached to an aromatic ring is 1. The maximum absolute atomic E-state index is 5.93. The van der Waals surface area contributed by atoms with Crippen LogP contribution in [-0.4, -0.2) is 4.98 Å². The van der Waals surface area contributed by atoms with Crippen LogP contribution in [0.2, 0.25) is 10.0 Å². The third kappa shape index (κ3) is 2.75. The van der Waals surface area contributed by atoms with Crippen LogP contribution in [0.25, 0.3) is 0 Å². The van der Waals surface area contributed by atoms with Gasteiger partial charge in [0.15, 0.2) is 0 Å². The summed E-state index contributed by atoms with van der Waals surface area (Å²) in [5, 5.41) is 1.03. The minimum Gasteiger partial charge on any atom is -0.382 e. The molecule has 0 saturated carbocycles. The first-order valence-electron chi connectivity index (χ1n) is 4.25. The molecule has 1 aromatic rings. The van der Waals surface area contributed by atoms with E-state index in [1.807, 2.05) is 0 Å². The van der Waals surface area contributed by atoms with Gasteiger partial charge in [0.25, 0.3) is 0 Å². The number of rotatable bonds is 3. The van der Waals surface area contributed by atoms with E-state index in [2.05, 4.69) is 11.9 Å². The molecule has 0 saturated heterocycles. The van der Waals surface area contributed by atoms with Gasteiger partial charge in [-0.05, 0) is 18.9 Å². The molecule has 0 aliphatic carbocycles. The van der Waals surface area contributed by atoms with E-state index in [4.69, 9.17) is 28.9 Å². The number of halogens is 2. The van der Waals surface area contributed by atoms with Gasteiger partial charge in [0.05, 0.1) is 15.7 Å². The van der Waals surface area contributed by atoms with Crippen LogP contribution in [0.5, 0.6) is 0 Å². The van der Waals surface area contributed by atoms with Crippen molar-refractivity contribution in [1.29, 1.82) is 0 Å². The fourth-order valence-corrected chi connectivity index (χ4v) is 1.49. The Kier molecular flexibility index (Phi) is 3.82. The minimum absolute atomic E-state index is 0.358. The van der Waals surface area contributed by atoms with Gasteiger partial charge in [0, 0.05) is 0 Å². The monoisotopic (exact) mass is 218 g/mol. The van der Waals surface area contributed by atoms with Crippen molar-refractivity contribution in [1.82, 2.24) is 4.98 Å². The highest BCUT2D eigenvalue weighted by Crippen LogP contribution is 2.24. The first-order valence-corrected chi connectivity index (χ1v) is 5.01. The van der Waals surface area contributed by atoms with E-state index >= 15 is 0 Å². The highest BCUT2D eigenvalue weighted by atomic mass is 35.5. The average Bonchev–Trinajstić information content (AvgIpc) is 2.09. The normalized spacial score (nSPS) is 10.4. The molecular formula is C9H12Cl2N2. The Morgan fingerprint density at radius 2 is 2.08 bits per heavy atom. The van der Waals surface area contributed by atoms with Crippen molar-refractivity contribution in [2.24, 2.45) is 0 Å². The Labute approximate surface area is 88.1 Å². The summed E-state index contributed by atoms with van der Waals surface area (Å²) in [6.07, 6.45) is 3.03. The van der Waals surface area contributed by atoms with E-state index in [0.29, 0.717) is 15.9 Å². The lowest BCUT2D eigenvalue weighted by Crippen LogP contribution is -1.98. The van der Waals surface area contributed by atoms with Crippen LogP contribution in [0.15, 0.2) is 6.07 Å². The molecule has 0 aliphatic rings. The van der Waals surface area contributed by atoms with Gasteiger partial charge in [-0.15, -0.1) is 0 Å². The average molecular weight is 219 g/mol. The predicted molar refractivity (Wildman–Crippen MR) is 57.3 cm³/mol. The molecule has 0 radical (unpaired) electrons. The van der Waals surface area contributed by atoms with Crippen LogP contribution >= 0.6 is 23.2 Å². The summed E-state index contributed by atoms with van der Waals surface area (Å²) in [5.74, 6) is 0.358. The van der Waals surface area contributed by atoms with Gasteiger partial charge in [-0.25, -0.2) is 4.98 Å². The molecule has 0 bridgehead atoms. The quantitative estimate of drug-likeness (QED) is 0.846.